The van der Waals surface area contributed by atoms with Gasteiger partial charge in [-0.3, -0.25) is 0 Å². The van der Waals surface area contributed by atoms with Gasteiger partial charge in [0.25, 0.3) is 0 Å². The van der Waals surface area contributed by atoms with Crippen LogP contribution in [-0.4, -0.2) is 12.2 Å². The summed E-state index contributed by atoms with van der Waals surface area (Å²) in [6.45, 7) is 4.23. The van der Waals surface area contributed by atoms with Gasteiger partial charge in [-0.1, -0.05) is 30.3 Å². The van der Waals surface area contributed by atoms with Gasteiger partial charge >= 0.3 is 0 Å². The molecule has 2 unspecified atom stereocenters. The lowest BCUT2D eigenvalue weighted by Crippen LogP contribution is -2.22. The maximum atomic E-state index is 9.33. The van der Waals surface area contributed by atoms with Crippen LogP contribution in [0.2, 0.25) is 0 Å². The van der Waals surface area contributed by atoms with Gasteiger partial charge in [0.1, 0.15) is 11.5 Å². The third-order valence-electron chi connectivity index (χ3n) is 3.50. The van der Waals surface area contributed by atoms with Crippen LogP contribution in [0.15, 0.2) is 48.5 Å². The lowest BCUT2D eigenvalue weighted by atomic mass is 10.0. The Kier molecular flexibility index (Phi) is 4.64. The Hall–Kier alpha value is -2.00. The zero-order chi connectivity index (χ0) is 14.5. The summed E-state index contributed by atoms with van der Waals surface area (Å²) in [4.78, 5) is 0. The molecular formula is C17H21NO2. The Balaban J connectivity index is 2.10. The second-order valence-electron chi connectivity index (χ2n) is 4.94. The van der Waals surface area contributed by atoms with Gasteiger partial charge in [-0.05, 0) is 37.6 Å². The van der Waals surface area contributed by atoms with Crippen molar-refractivity contribution in [3.63, 3.8) is 0 Å². The molecule has 2 atom stereocenters. The first kappa shape index (κ1) is 14.4. The fourth-order valence-corrected chi connectivity index (χ4v) is 2.35. The Labute approximate surface area is 120 Å². The number of methoxy groups -OCH3 is 1. The molecule has 0 spiro atoms. The lowest BCUT2D eigenvalue weighted by molar-refractivity contribution is 0.396. The van der Waals surface area contributed by atoms with E-state index in [0.717, 1.165) is 16.9 Å². The van der Waals surface area contributed by atoms with E-state index in [4.69, 9.17) is 4.74 Å². The summed E-state index contributed by atoms with van der Waals surface area (Å²) in [6.07, 6.45) is 0. The average Bonchev–Trinajstić information content (AvgIpc) is 2.47. The number of hydrogen-bond acceptors (Lipinski definition) is 3. The van der Waals surface area contributed by atoms with E-state index in [0.29, 0.717) is 5.75 Å². The number of nitrogens with one attached hydrogen (secondary N) is 1. The molecule has 0 saturated heterocycles. The van der Waals surface area contributed by atoms with Crippen molar-refractivity contribution < 1.29 is 9.84 Å². The normalized spacial score (nSPS) is 13.8. The Morgan fingerprint density at radius 1 is 0.950 bits per heavy atom. The van der Waals surface area contributed by atoms with Gasteiger partial charge in [-0.25, -0.2) is 0 Å². The molecule has 2 rings (SSSR count). The number of rotatable bonds is 5. The molecule has 2 aromatic rings. The van der Waals surface area contributed by atoms with Crippen molar-refractivity contribution in [1.29, 1.82) is 0 Å². The molecule has 3 nitrogen and oxygen atoms in total. The number of aromatic hydroxyl groups is 1. The summed E-state index contributed by atoms with van der Waals surface area (Å²) >= 11 is 0. The number of phenolic OH excluding ortho intramolecular Hbond substituents is 1. The molecule has 0 aliphatic heterocycles. The first-order chi connectivity index (χ1) is 9.61. The Bertz CT molecular complexity index is 551. The average molecular weight is 271 g/mol. The third kappa shape index (κ3) is 3.31. The molecule has 0 bridgehead atoms. The molecule has 0 aliphatic carbocycles. The second-order valence-corrected chi connectivity index (χ2v) is 4.94. The molecule has 2 N–H and O–H groups in total. The molecule has 0 amide bonds. The highest BCUT2D eigenvalue weighted by atomic mass is 16.5. The highest BCUT2D eigenvalue weighted by Crippen LogP contribution is 2.27. The first-order valence-electron chi connectivity index (χ1n) is 6.79. The zero-order valence-corrected chi connectivity index (χ0v) is 12.1. The molecule has 0 saturated carbocycles. The SMILES string of the molecule is COc1ccccc1C(C)NC(C)c1ccc(O)cc1. The van der Waals surface area contributed by atoms with Crippen molar-refractivity contribution in [1.82, 2.24) is 5.32 Å². The molecule has 0 aliphatic rings. The minimum absolute atomic E-state index is 0.176. The molecule has 0 heterocycles. The lowest BCUT2D eigenvalue weighted by Gasteiger charge is -2.22. The summed E-state index contributed by atoms with van der Waals surface area (Å²) in [5.74, 6) is 1.18. The van der Waals surface area contributed by atoms with Gasteiger partial charge in [0, 0.05) is 17.6 Å². The topological polar surface area (TPSA) is 41.5 Å². The van der Waals surface area contributed by atoms with Gasteiger partial charge < -0.3 is 15.2 Å². The fourth-order valence-electron chi connectivity index (χ4n) is 2.35. The summed E-state index contributed by atoms with van der Waals surface area (Å²) in [5, 5.41) is 12.9. The van der Waals surface area contributed by atoms with Crippen molar-refractivity contribution in [3.05, 3.63) is 59.7 Å². The van der Waals surface area contributed by atoms with Crippen molar-refractivity contribution in [3.8, 4) is 11.5 Å². The summed E-state index contributed by atoms with van der Waals surface area (Å²) in [6, 6.07) is 15.7. The van der Waals surface area contributed by atoms with E-state index in [1.807, 2.05) is 30.3 Å². The predicted molar refractivity (Wildman–Crippen MR) is 81.1 cm³/mol. The van der Waals surface area contributed by atoms with Gasteiger partial charge in [-0.15, -0.1) is 0 Å². The molecule has 2 aromatic carbocycles. The quantitative estimate of drug-likeness (QED) is 0.868. The Morgan fingerprint density at radius 2 is 1.60 bits per heavy atom. The van der Waals surface area contributed by atoms with Crippen LogP contribution in [-0.2, 0) is 0 Å². The smallest absolute Gasteiger partial charge is 0.123 e. The predicted octanol–water partition coefficient (Wildman–Crippen LogP) is 3.81. The highest BCUT2D eigenvalue weighted by Gasteiger charge is 2.14. The zero-order valence-electron chi connectivity index (χ0n) is 12.1. The van der Waals surface area contributed by atoms with Gasteiger partial charge in [0.15, 0.2) is 0 Å². The standard InChI is InChI=1S/C17H21NO2/c1-12(14-8-10-15(19)11-9-14)18-13(2)16-6-4-5-7-17(16)20-3/h4-13,18-19H,1-3H3. The largest absolute Gasteiger partial charge is 0.508 e. The van der Waals surface area contributed by atoms with Crippen LogP contribution in [0.25, 0.3) is 0 Å². The number of phenols is 1. The number of para-hydroxylation sites is 1. The number of benzene rings is 2. The summed E-state index contributed by atoms with van der Waals surface area (Å²) < 4.78 is 5.40. The molecule has 106 valence electrons. The van der Waals surface area contributed by atoms with E-state index < -0.39 is 0 Å². The Morgan fingerprint density at radius 3 is 2.25 bits per heavy atom. The summed E-state index contributed by atoms with van der Waals surface area (Å²) in [5.41, 5.74) is 2.28. The van der Waals surface area contributed by atoms with Crippen LogP contribution in [0.5, 0.6) is 11.5 Å². The third-order valence-corrected chi connectivity index (χ3v) is 3.50. The van der Waals surface area contributed by atoms with Crippen LogP contribution in [0.4, 0.5) is 0 Å². The molecule has 20 heavy (non-hydrogen) atoms. The van der Waals surface area contributed by atoms with E-state index >= 15 is 0 Å². The van der Waals surface area contributed by atoms with E-state index in [1.165, 1.54) is 0 Å². The van der Waals surface area contributed by atoms with Gasteiger partial charge in [0.05, 0.1) is 7.11 Å². The van der Waals surface area contributed by atoms with E-state index in [-0.39, 0.29) is 12.1 Å². The molecule has 0 fully saturated rings. The van der Waals surface area contributed by atoms with Crippen molar-refractivity contribution >= 4 is 0 Å². The fraction of sp³-hybridized carbons (Fsp3) is 0.294. The van der Waals surface area contributed by atoms with Crippen molar-refractivity contribution in [2.75, 3.05) is 7.11 Å². The molecule has 3 heteroatoms. The number of hydrogen-bond donors (Lipinski definition) is 2. The number of ether oxygens (including phenoxy) is 1. The van der Waals surface area contributed by atoms with Crippen molar-refractivity contribution in [2.45, 2.75) is 25.9 Å². The van der Waals surface area contributed by atoms with Crippen LogP contribution >= 0.6 is 0 Å². The maximum absolute atomic E-state index is 9.33. The van der Waals surface area contributed by atoms with E-state index in [2.05, 4.69) is 25.2 Å². The van der Waals surface area contributed by atoms with Crippen molar-refractivity contribution in [2.24, 2.45) is 0 Å². The monoisotopic (exact) mass is 271 g/mol. The second kappa shape index (κ2) is 6.44. The highest BCUT2D eigenvalue weighted by molar-refractivity contribution is 5.36. The van der Waals surface area contributed by atoms with Crippen LogP contribution in [0, 0.1) is 0 Å². The molecule has 0 aromatic heterocycles. The minimum atomic E-state index is 0.176. The maximum Gasteiger partial charge on any atom is 0.123 e. The molecular weight excluding hydrogens is 250 g/mol. The van der Waals surface area contributed by atoms with Gasteiger partial charge in [-0.2, -0.15) is 0 Å². The summed E-state index contributed by atoms with van der Waals surface area (Å²) in [7, 11) is 1.69. The first-order valence-corrected chi connectivity index (χ1v) is 6.79. The molecule has 0 radical (unpaired) electrons. The van der Waals surface area contributed by atoms with E-state index in [9.17, 15) is 5.11 Å². The van der Waals surface area contributed by atoms with Crippen LogP contribution in [0.1, 0.15) is 37.1 Å². The van der Waals surface area contributed by atoms with Gasteiger partial charge in [0.2, 0.25) is 0 Å². The van der Waals surface area contributed by atoms with Crippen LogP contribution < -0.4 is 10.1 Å². The van der Waals surface area contributed by atoms with Crippen LogP contribution in [0.3, 0.4) is 0 Å². The van der Waals surface area contributed by atoms with E-state index in [1.54, 1.807) is 19.2 Å². The minimum Gasteiger partial charge on any atom is -0.508 e.